The molecule has 114 valence electrons. The van der Waals surface area contributed by atoms with E-state index in [0.717, 1.165) is 12.1 Å². The molecule has 5 heteroatoms. The maximum atomic E-state index is 11.1. The molecule has 1 atom stereocenters. The van der Waals surface area contributed by atoms with Crippen molar-refractivity contribution in [1.82, 2.24) is 9.97 Å². The third-order valence-corrected chi connectivity index (χ3v) is 2.63. The number of rotatable bonds is 5. The van der Waals surface area contributed by atoms with Crippen LogP contribution in [0.3, 0.4) is 0 Å². The fourth-order valence-electron chi connectivity index (χ4n) is 1.57. The molecular weight excluding hydrogens is 254 g/mol. The van der Waals surface area contributed by atoms with Crippen molar-refractivity contribution < 1.29 is 9.90 Å². The SMILES string of the molecule is CC.CCCC(Nc1cc(C(C)(C)C)ncn1)C(=O)O. The Balaban J connectivity index is 0.00000172. The number of aromatic nitrogens is 2. The summed E-state index contributed by atoms with van der Waals surface area (Å²) in [5.74, 6) is -0.288. The van der Waals surface area contributed by atoms with Crippen molar-refractivity contribution in [3.05, 3.63) is 18.1 Å². The second-order valence-electron chi connectivity index (χ2n) is 5.36. The molecule has 0 saturated heterocycles. The Labute approximate surface area is 121 Å². The molecule has 0 saturated carbocycles. The van der Waals surface area contributed by atoms with Gasteiger partial charge in [-0.15, -0.1) is 0 Å². The molecule has 20 heavy (non-hydrogen) atoms. The number of nitrogens with one attached hydrogen (secondary N) is 1. The summed E-state index contributed by atoms with van der Waals surface area (Å²) >= 11 is 0. The molecule has 1 rings (SSSR count). The smallest absolute Gasteiger partial charge is 0.326 e. The third kappa shape index (κ3) is 5.99. The number of carboxylic acid groups (broad SMARTS) is 1. The molecule has 0 aromatic carbocycles. The van der Waals surface area contributed by atoms with Crippen molar-refractivity contribution in [2.75, 3.05) is 5.32 Å². The van der Waals surface area contributed by atoms with E-state index in [2.05, 4.69) is 36.1 Å². The van der Waals surface area contributed by atoms with Crippen LogP contribution >= 0.6 is 0 Å². The molecule has 1 aromatic rings. The van der Waals surface area contributed by atoms with E-state index in [9.17, 15) is 4.79 Å². The second-order valence-corrected chi connectivity index (χ2v) is 5.36. The molecule has 0 bridgehead atoms. The van der Waals surface area contributed by atoms with Gasteiger partial charge >= 0.3 is 5.97 Å². The second kappa shape index (κ2) is 8.51. The molecule has 0 spiro atoms. The van der Waals surface area contributed by atoms with Crippen LogP contribution in [0.25, 0.3) is 0 Å². The highest BCUT2D eigenvalue weighted by atomic mass is 16.4. The lowest BCUT2D eigenvalue weighted by Gasteiger charge is -2.19. The van der Waals surface area contributed by atoms with Gasteiger partial charge in [-0.3, -0.25) is 0 Å². The number of aliphatic carboxylic acids is 1. The summed E-state index contributed by atoms with van der Waals surface area (Å²) in [5, 5.41) is 12.0. The summed E-state index contributed by atoms with van der Waals surface area (Å²) in [6.07, 6.45) is 2.85. The van der Waals surface area contributed by atoms with Crippen LogP contribution in [0.1, 0.15) is 60.1 Å². The van der Waals surface area contributed by atoms with E-state index in [0.29, 0.717) is 12.2 Å². The van der Waals surface area contributed by atoms with E-state index >= 15 is 0 Å². The van der Waals surface area contributed by atoms with Gasteiger partial charge in [0.05, 0.1) is 5.69 Å². The Morgan fingerprint density at radius 2 is 1.95 bits per heavy atom. The summed E-state index contributed by atoms with van der Waals surface area (Å²) in [6, 6.07) is 1.21. The number of anilines is 1. The van der Waals surface area contributed by atoms with Crippen LogP contribution in [0.4, 0.5) is 5.82 Å². The highest BCUT2D eigenvalue weighted by Crippen LogP contribution is 2.21. The average Bonchev–Trinajstić information content (AvgIpc) is 2.40. The number of hydrogen-bond donors (Lipinski definition) is 2. The topological polar surface area (TPSA) is 75.1 Å². The Bertz CT molecular complexity index is 414. The van der Waals surface area contributed by atoms with Gasteiger partial charge in [-0.1, -0.05) is 48.0 Å². The van der Waals surface area contributed by atoms with Crippen LogP contribution in [-0.4, -0.2) is 27.1 Å². The minimum absolute atomic E-state index is 0.0805. The number of hydrogen-bond acceptors (Lipinski definition) is 4. The predicted octanol–water partition coefficient (Wildman–Crippen LogP) is 3.47. The Hall–Kier alpha value is -1.65. The standard InChI is InChI=1S/C13H21N3O2.C2H6/c1-5-6-9(12(17)18)16-11-7-10(13(2,3)4)14-8-15-11;1-2/h7-9H,5-6H2,1-4H3,(H,17,18)(H,14,15,16);1-2H3. The van der Waals surface area contributed by atoms with E-state index in [1.807, 2.05) is 26.8 Å². The highest BCUT2D eigenvalue weighted by Gasteiger charge is 2.19. The van der Waals surface area contributed by atoms with Crippen molar-refractivity contribution in [1.29, 1.82) is 0 Å². The van der Waals surface area contributed by atoms with Gasteiger partial charge in [0.2, 0.25) is 0 Å². The van der Waals surface area contributed by atoms with Gasteiger partial charge in [0.15, 0.2) is 0 Å². The summed E-state index contributed by atoms with van der Waals surface area (Å²) in [5.41, 5.74) is 0.809. The van der Waals surface area contributed by atoms with Gasteiger partial charge in [-0.25, -0.2) is 14.8 Å². The van der Waals surface area contributed by atoms with Crippen LogP contribution < -0.4 is 5.32 Å². The third-order valence-electron chi connectivity index (χ3n) is 2.63. The van der Waals surface area contributed by atoms with Crippen LogP contribution in [0.5, 0.6) is 0 Å². The largest absolute Gasteiger partial charge is 0.480 e. The average molecular weight is 281 g/mol. The molecule has 0 amide bonds. The van der Waals surface area contributed by atoms with Gasteiger partial charge in [-0.2, -0.15) is 0 Å². The van der Waals surface area contributed by atoms with E-state index in [4.69, 9.17) is 5.11 Å². The molecule has 1 aromatic heterocycles. The van der Waals surface area contributed by atoms with E-state index in [1.165, 1.54) is 6.33 Å². The van der Waals surface area contributed by atoms with Gasteiger partial charge < -0.3 is 10.4 Å². The molecular formula is C15H27N3O2. The Kier molecular flexibility index (Phi) is 7.80. The molecule has 2 N–H and O–H groups in total. The van der Waals surface area contributed by atoms with Crippen molar-refractivity contribution >= 4 is 11.8 Å². The van der Waals surface area contributed by atoms with Gasteiger partial charge in [0.1, 0.15) is 18.2 Å². The molecule has 0 radical (unpaired) electrons. The fourth-order valence-corrected chi connectivity index (χ4v) is 1.57. The summed E-state index contributed by atoms with van der Waals surface area (Å²) in [7, 11) is 0. The highest BCUT2D eigenvalue weighted by molar-refractivity contribution is 5.76. The molecule has 1 heterocycles. The lowest BCUT2D eigenvalue weighted by molar-refractivity contribution is -0.138. The minimum Gasteiger partial charge on any atom is -0.480 e. The van der Waals surface area contributed by atoms with Crippen molar-refractivity contribution in [3.8, 4) is 0 Å². The van der Waals surface area contributed by atoms with Crippen LogP contribution in [-0.2, 0) is 10.2 Å². The molecule has 5 nitrogen and oxygen atoms in total. The monoisotopic (exact) mass is 281 g/mol. The molecule has 0 fully saturated rings. The van der Waals surface area contributed by atoms with Crippen LogP contribution in [0, 0.1) is 0 Å². The van der Waals surface area contributed by atoms with Crippen molar-refractivity contribution in [2.45, 2.75) is 65.8 Å². The first kappa shape index (κ1) is 18.4. The first-order valence-corrected chi connectivity index (χ1v) is 7.16. The van der Waals surface area contributed by atoms with E-state index in [-0.39, 0.29) is 5.41 Å². The van der Waals surface area contributed by atoms with Crippen molar-refractivity contribution in [2.24, 2.45) is 0 Å². The summed E-state index contributed by atoms with van der Waals surface area (Å²) in [4.78, 5) is 19.4. The zero-order chi connectivity index (χ0) is 15.8. The zero-order valence-corrected chi connectivity index (χ0v) is 13.4. The maximum absolute atomic E-state index is 11.1. The predicted molar refractivity (Wildman–Crippen MR) is 82.0 cm³/mol. The lowest BCUT2D eigenvalue weighted by atomic mass is 9.92. The minimum atomic E-state index is -0.854. The molecule has 1 unspecified atom stereocenters. The van der Waals surface area contributed by atoms with Crippen LogP contribution in [0.15, 0.2) is 12.4 Å². The number of nitrogens with zero attached hydrogens (tertiary/aromatic N) is 2. The Morgan fingerprint density at radius 1 is 1.35 bits per heavy atom. The lowest BCUT2D eigenvalue weighted by Crippen LogP contribution is -2.29. The van der Waals surface area contributed by atoms with E-state index in [1.54, 1.807) is 0 Å². The molecule has 0 aliphatic rings. The zero-order valence-electron chi connectivity index (χ0n) is 13.4. The number of carboxylic acids is 1. The quantitative estimate of drug-likeness (QED) is 0.864. The summed E-state index contributed by atoms with van der Waals surface area (Å²) in [6.45, 7) is 12.1. The summed E-state index contributed by atoms with van der Waals surface area (Å²) < 4.78 is 0. The first-order chi connectivity index (χ1) is 9.34. The molecule has 0 aliphatic heterocycles. The van der Waals surface area contributed by atoms with Gasteiger partial charge in [0, 0.05) is 11.5 Å². The van der Waals surface area contributed by atoms with Gasteiger partial charge in [0.25, 0.3) is 0 Å². The van der Waals surface area contributed by atoms with Crippen LogP contribution in [0.2, 0.25) is 0 Å². The van der Waals surface area contributed by atoms with Crippen molar-refractivity contribution in [3.63, 3.8) is 0 Å². The maximum Gasteiger partial charge on any atom is 0.326 e. The van der Waals surface area contributed by atoms with Gasteiger partial charge in [-0.05, 0) is 6.42 Å². The fraction of sp³-hybridized carbons (Fsp3) is 0.667. The Morgan fingerprint density at radius 3 is 2.40 bits per heavy atom. The number of carbonyl (C=O) groups is 1. The molecule has 0 aliphatic carbocycles. The van der Waals surface area contributed by atoms with E-state index < -0.39 is 12.0 Å². The first-order valence-electron chi connectivity index (χ1n) is 7.16. The normalized spacial score (nSPS) is 12.1.